The maximum Gasteiger partial charge on any atom is 0.0660 e. The molecule has 0 aliphatic rings. The van der Waals surface area contributed by atoms with Crippen LogP contribution in [0.15, 0.2) is 12.4 Å². The van der Waals surface area contributed by atoms with E-state index in [1.807, 2.05) is 24.0 Å². The molecule has 0 aliphatic heterocycles. The van der Waals surface area contributed by atoms with E-state index in [2.05, 4.69) is 23.3 Å². The highest BCUT2D eigenvalue weighted by Crippen LogP contribution is 1.97. The van der Waals surface area contributed by atoms with Crippen LogP contribution >= 0.6 is 0 Å². The molecule has 0 amide bonds. The van der Waals surface area contributed by atoms with Gasteiger partial charge in [-0.15, -0.1) is 6.42 Å². The lowest BCUT2D eigenvalue weighted by atomic mass is 10.3. The molecular weight excluding hydrogens is 162 g/mol. The number of aromatic nitrogens is 2. The van der Waals surface area contributed by atoms with Crippen molar-refractivity contribution in [3.8, 4) is 12.3 Å². The Kier molecular flexibility index (Phi) is 3.53. The lowest BCUT2D eigenvalue weighted by Crippen LogP contribution is -2.23. The topological polar surface area (TPSA) is 29.9 Å². The molecule has 1 rings (SSSR count). The Morgan fingerprint density at radius 2 is 2.54 bits per heavy atom. The largest absolute Gasteiger partial charge is 0.300 e. The predicted octanol–water partition coefficient (Wildman–Crippen LogP) is 1.01. The number of aryl methyl sites for hydroxylation is 1. The zero-order chi connectivity index (χ0) is 9.68. The lowest BCUT2D eigenvalue weighted by Gasteiger charge is -2.04. The van der Waals surface area contributed by atoms with Crippen molar-refractivity contribution in [1.29, 1.82) is 0 Å². The van der Waals surface area contributed by atoms with Crippen LogP contribution in [0, 0.1) is 12.3 Å². The van der Waals surface area contributed by atoms with Crippen LogP contribution in [0.2, 0.25) is 0 Å². The molecule has 1 aromatic rings. The predicted molar refractivity (Wildman–Crippen MR) is 53.0 cm³/mol. The first-order valence-electron chi connectivity index (χ1n) is 4.47. The minimum absolute atomic E-state index is 0.116. The first-order chi connectivity index (χ1) is 6.26. The number of hydrogen-bond acceptors (Lipinski definition) is 2. The molecule has 1 N–H and O–H groups in total. The summed E-state index contributed by atoms with van der Waals surface area (Å²) in [6, 6.07) is 0.116. The molecule has 0 bridgehead atoms. The summed E-state index contributed by atoms with van der Waals surface area (Å²) < 4.78 is 1.90. The van der Waals surface area contributed by atoms with Gasteiger partial charge in [-0.2, -0.15) is 5.10 Å². The fraction of sp³-hybridized carbons (Fsp3) is 0.500. The molecule has 3 nitrogen and oxygen atoms in total. The van der Waals surface area contributed by atoms with Crippen molar-refractivity contribution in [3.63, 3.8) is 0 Å². The number of terminal acetylenes is 1. The van der Waals surface area contributed by atoms with E-state index in [-0.39, 0.29) is 6.04 Å². The molecule has 0 aliphatic carbocycles. The van der Waals surface area contributed by atoms with Crippen molar-refractivity contribution in [2.75, 3.05) is 0 Å². The Morgan fingerprint density at radius 1 is 1.77 bits per heavy atom. The van der Waals surface area contributed by atoms with Crippen LogP contribution in [0.5, 0.6) is 0 Å². The highest BCUT2D eigenvalue weighted by molar-refractivity contribution is 5.05. The van der Waals surface area contributed by atoms with Crippen molar-refractivity contribution in [2.24, 2.45) is 0 Å². The van der Waals surface area contributed by atoms with Crippen LogP contribution in [-0.4, -0.2) is 15.8 Å². The van der Waals surface area contributed by atoms with E-state index >= 15 is 0 Å². The molecule has 13 heavy (non-hydrogen) atoms. The van der Waals surface area contributed by atoms with Crippen LogP contribution in [0.4, 0.5) is 0 Å². The number of hydrogen-bond donors (Lipinski definition) is 1. The summed E-state index contributed by atoms with van der Waals surface area (Å²) in [6.07, 6.45) is 9.12. The maximum absolute atomic E-state index is 5.23. The summed E-state index contributed by atoms with van der Waals surface area (Å²) in [7, 11) is 0. The summed E-state index contributed by atoms with van der Waals surface area (Å²) in [6.45, 7) is 5.72. The highest BCUT2D eigenvalue weighted by atomic mass is 15.3. The monoisotopic (exact) mass is 177 g/mol. The van der Waals surface area contributed by atoms with E-state index < -0.39 is 0 Å². The molecule has 1 aromatic heterocycles. The minimum atomic E-state index is 0.116. The maximum atomic E-state index is 5.23. The second kappa shape index (κ2) is 4.68. The van der Waals surface area contributed by atoms with Gasteiger partial charge in [0.2, 0.25) is 0 Å². The molecule has 3 heteroatoms. The first kappa shape index (κ1) is 9.82. The van der Waals surface area contributed by atoms with Gasteiger partial charge >= 0.3 is 0 Å². The summed E-state index contributed by atoms with van der Waals surface area (Å²) >= 11 is 0. The van der Waals surface area contributed by atoms with Crippen molar-refractivity contribution in [3.05, 3.63) is 18.0 Å². The third-order valence-corrected chi connectivity index (χ3v) is 1.87. The molecule has 0 saturated carbocycles. The van der Waals surface area contributed by atoms with Gasteiger partial charge in [0.15, 0.2) is 0 Å². The van der Waals surface area contributed by atoms with Gasteiger partial charge in [0.05, 0.1) is 12.2 Å². The second-order valence-electron chi connectivity index (χ2n) is 2.97. The number of nitrogens with one attached hydrogen (secondary N) is 1. The number of nitrogens with zero attached hydrogens (tertiary/aromatic N) is 2. The second-order valence-corrected chi connectivity index (χ2v) is 2.97. The van der Waals surface area contributed by atoms with Gasteiger partial charge in [0.25, 0.3) is 0 Å². The molecule has 0 radical (unpaired) electrons. The SMILES string of the molecule is C#CC(C)NCc1cnn(CC)c1. The molecular formula is C10H15N3. The Balaban J connectivity index is 2.42. The van der Waals surface area contributed by atoms with Crippen LogP contribution in [-0.2, 0) is 13.1 Å². The van der Waals surface area contributed by atoms with Crippen molar-refractivity contribution < 1.29 is 0 Å². The van der Waals surface area contributed by atoms with Crippen molar-refractivity contribution in [1.82, 2.24) is 15.1 Å². The van der Waals surface area contributed by atoms with E-state index in [1.165, 1.54) is 5.56 Å². The first-order valence-corrected chi connectivity index (χ1v) is 4.47. The zero-order valence-corrected chi connectivity index (χ0v) is 8.12. The normalized spacial score (nSPS) is 12.4. The highest BCUT2D eigenvalue weighted by Gasteiger charge is 1.98. The fourth-order valence-corrected chi connectivity index (χ4v) is 1.00. The quantitative estimate of drug-likeness (QED) is 0.696. The van der Waals surface area contributed by atoms with Crippen LogP contribution in [0.1, 0.15) is 19.4 Å². The smallest absolute Gasteiger partial charge is 0.0660 e. The van der Waals surface area contributed by atoms with Gasteiger partial charge in [0.1, 0.15) is 0 Å². The molecule has 0 fully saturated rings. The molecule has 1 unspecified atom stereocenters. The van der Waals surface area contributed by atoms with Gasteiger partial charge < -0.3 is 0 Å². The van der Waals surface area contributed by atoms with Crippen LogP contribution < -0.4 is 5.32 Å². The Bertz CT molecular complexity index is 295. The zero-order valence-electron chi connectivity index (χ0n) is 8.12. The molecule has 1 atom stereocenters. The van der Waals surface area contributed by atoms with Gasteiger partial charge in [-0.3, -0.25) is 10.00 Å². The van der Waals surface area contributed by atoms with E-state index in [0.29, 0.717) is 0 Å². The van der Waals surface area contributed by atoms with Crippen LogP contribution in [0.3, 0.4) is 0 Å². The Hall–Kier alpha value is -1.27. The summed E-state index contributed by atoms with van der Waals surface area (Å²) in [5.74, 6) is 2.62. The molecule has 0 aromatic carbocycles. The summed E-state index contributed by atoms with van der Waals surface area (Å²) in [5, 5.41) is 7.36. The third kappa shape index (κ3) is 2.92. The van der Waals surface area contributed by atoms with Crippen LogP contribution in [0.25, 0.3) is 0 Å². The van der Waals surface area contributed by atoms with Crippen molar-refractivity contribution in [2.45, 2.75) is 33.0 Å². The van der Waals surface area contributed by atoms with Gasteiger partial charge in [0, 0.05) is 24.8 Å². The average molecular weight is 177 g/mol. The van der Waals surface area contributed by atoms with Gasteiger partial charge in [-0.1, -0.05) is 5.92 Å². The Labute approximate surface area is 79.1 Å². The molecule has 0 saturated heterocycles. The van der Waals surface area contributed by atoms with Gasteiger partial charge in [-0.25, -0.2) is 0 Å². The summed E-state index contributed by atoms with van der Waals surface area (Å²) in [4.78, 5) is 0. The minimum Gasteiger partial charge on any atom is -0.300 e. The van der Waals surface area contributed by atoms with Gasteiger partial charge in [-0.05, 0) is 13.8 Å². The molecule has 70 valence electrons. The fourth-order valence-electron chi connectivity index (χ4n) is 1.00. The van der Waals surface area contributed by atoms with Crippen molar-refractivity contribution >= 4 is 0 Å². The molecule has 0 spiro atoms. The standard InChI is InChI=1S/C10H15N3/c1-4-9(3)11-6-10-7-12-13(5-2)8-10/h1,7-9,11H,5-6H2,2-3H3. The van der Waals surface area contributed by atoms with E-state index in [4.69, 9.17) is 6.42 Å². The van der Waals surface area contributed by atoms with E-state index in [9.17, 15) is 0 Å². The Morgan fingerprint density at radius 3 is 3.08 bits per heavy atom. The number of rotatable bonds is 4. The van der Waals surface area contributed by atoms with E-state index in [0.717, 1.165) is 13.1 Å². The molecule has 1 heterocycles. The third-order valence-electron chi connectivity index (χ3n) is 1.87. The lowest BCUT2D eigenvalue weighted by molar-refractivity contribution is 0.641. The van der Waals surface area contributed by atoms with E-state index in [1.54, 1.807) is 0 Å². The summed E-state index contributed by atoms with van der Waals surface area (Å²) in [5.41, 5.74) is 1.17. The average Bonchev–Trinajstić information content (AvgIpc) is 2.61.